The summed E-state index contributed by atoms with van der Waals surface area (Å²) in [6.45, 7) is 0.0786. The second kappa shape index (κ2) is 10.6. The van der Waals surface area contributed by atoms with Crippen molar-refractivity contribution in [2.24, 2.45) is 12.0 Å². The maximum atomic E-state index is 13.4. The van der Waals surface area contributed by atoms with E-state index in [9.17, 15) is 14.7 Å². The van der Waals surface area contributed by atoms with Crippen molar-refractivity contribution in [3.63, 3.8) is 0 Å². The van der Waals surface area contributed by atoms with E-state index in [2.05, 4.69) is 15.6 Å². The number of amides is 2. The van der Waals surface area contributed by atoms with Crippen molar-refractivity contribution in [2.45, 2.75) is 37.9 Å². The molecule has 1 saturated heterocycles. The fraction of sp³-hybridized carbons (Fsp3) is 0.308. The normalized spacial score (nSPS) is 17.7. The second-order valence-corrected chi connectivity index (χ2v) is 9.44. The molecule has 1 aliphatic carbocycles. The molecule has 2 aliphatic rings. The fourth-order valence-electron chi connectivity index (χ4n) is 4.26. The molecule has 5 rings (SSSR count). The van der Waals surface area contributed by atoms with Crippen molar-refractivity contribution >= 4 is 46.6 Å². The number of aliphatic imine (C=N–C) groups is 1. The Labute approximate surface area is 224 Å². The van der Waals surface area contributed by atoms with Gasteiger partial charge in [-0.3, -0.25) is 19.0 Å². The Hall–Kier alpha value is -4.32. The number of methoxy groups -OCH3 is 1. The van der Waals surface area contributed by atoms with Gasteiger partial charge in [-0.15, -0.1) is 0 Å². The van der Waals surface area contributed by atoms with Crippen molar-refractivity contribution in [3.05, 3.63) is 65.9 Å². The number of hydrogen-bond acceptors (Lipinski definition) is 8. The van der Waals surface area contributed by atoms with Crippen molar-refractivity contribution in [1.82, 2.24) is 15.1 Å². The molecular formula is C26H26N6O5S. The van der Waals surface area contributed by atoms with Gasteiger partial charge in [-0.25, -0.2) is 4.99 Å². The summed E-state index contributed by atoms with van der Waals surface area (Å²) >= 11 is 5.69. The molecule has 0 radical (unpaired) electrons. The molecule has 0 bridgehead atoms. The van der Waals surface area contributed by atoms with Crippen LogP contribution in [0.5, 0.6) is 5.75 Å². The highest BCUT2D eigenvalue weighted by Gasteiger charge is 2.50. The van der Waals surface area contributed by atoms with E-state index >= 15 is 0 Å². The lowest BCUT2D eigenvalue weighted by Crippen LogP contribution is -2.42. The molecule has 1 aliphatic heterocycles. The Bertz CT molecular complexity index is 1390. The van der Waals surface area contributed by atoms with Crippen LogP contribution in [-0.4, -0.2) is 57.1 Å². The Morgan fingerprint density at radius 3 is 2.61 bits per heavy atom. The largest absolute Gasteiger partial charge is 0.858 e. The van der Waals surface area contributed by atoms with Crippen LogP contribution in [0.15, 0.2) is 64.1 Å². The summed E-state index contributed by atoms with van der Waals surface area (Å²) in [5, 5.41) is 19.7. The van der Waals surface area contributed by atoms with E-state index in [0.29, 0.717) is 27.8 Å². The van der Waals surface area contributed by atoms with Gasteiger partial charge in [-0.1, -0.05) is 30.3 Å². The van der Waals surface area contributed by atoms with Crippen LogP contribution in [0.1, 0.15) is 30.5 Å². The summed E-state index contributed by atoms with van der Waals surface area (Å²) < 4.78 is 11.9. The Balaban J connectivity index is 1.38. The molecule has 11 nitrogen and oxygen atoms in total. The monoisotopic (exact) mass is 534 g/mol. The van der Waals surface area contributed by atoms with Crippen molar-refractivity contribution in [1.29, 1.82) is 0 Å². The average molecular weight is 535 g/mol. The number of carbonyl (C=O) groups is 2. The maximum Gasteiger partial charge on any atom is 0.325 e. The lowest BCUT2D eigenvalue weighted by atomic mass is 10.1. The van der Waals surface area contributed by atoms with Crippen LogP contribution in [0.2, 0.25) is 0 Å². The van der Waals surface area contributed by atoms with Crippen LogP contribution in [-0.2, 0) is 23.2 Å². The first-order valence-corrected chi connectivity index (χ1v) is 12.5. The van der Waals surface area contributed by atoms with E-state index in [0.717, 1.165) is 12.8 Å². The zero-order valence-corrected chi connectivity index (χ0v) is 21.7. The summed E-state index contributed by atoms with van der Waals surface area (Å²) in [4.78, 5) is 33.8. The smallest absolute Gasteiger partial charge is 0.325 e. The molecule has 12 heteroatoms. The number of hydrogen-bond donors (Lipinski definition) is 1. The first-order chi connectivity index (χ1) is 18.4. The Morgan fingerprint density at radius 2 is 1.95 bits per heavy atom. The molecule has 1 atom stereocenters. The number of benzene rings is 2. The van der Waals surface area contributed by atoms with Crippen LogP contribution in [0.4, 0.5) is 11.6 Å². The molecule has 196 valence electrons. The molecule has 1 N–H and O–H groups in total. The molecule has 2 aromatic carbocycles. The zero-order chi connectivity index (χ0) is 26.8. The van der Waals surface area contributed by atoms with Crippen LogP contribution < -0.4 is 19.8 Å². The summed E-state index contributed by atoms with van der Waals surface area (Å²) in [5.41, 5.74) is 1.43. The number of anilines is 1. The second-order valence-electron chi connectivity index (χ2n) is 9.08. The molecule has 1 unspecified atom stereocenters. The van der Waals surface area contributed by atoms with Gasteiger partial charge in [0.1, 0.15) is 18.3 Å². The maximum absolute atomic E-state index is 13.4. The van der Waals surface area contributed by atoms with Crippen LogP contribution in [0.25, 0.3) is 0 Å². The van der Waals surface area contributed by atoms with Gasteiger partial charge in [0.15, 0.2) is 12.2 Å². The number of nitrogens with one attached hydrogen (secondary N) is 1. The van der Waals surface area contributed by atoms with Crippen molar-refractivity contribution in [3.8, 4) is 5.75 Å². The topological polar surface area (TPSA) is 127 Å². The van der Waals surface area contributed by atoms with E-state index in [1.165, 1.54) is 4.68 Å². The average Bonchev–Trinajstić information content (AvgIpc) is 3.66. The molecule has 0 spiro atoms. The van der Waals surface area contributed by atoms with Crippen molar-refractivity contribution in [2.75, 3.05) is 12.4 Å². The molecule has 38 heavy (non-hydrogen) atoms. The molecule has 1 saturated carbocycles. The third kappa shape index (κ3) is 5.21. The lowest BCUT2D eigenvalue weighted by Gasteiger charge is -2.21. The summed E-state index contributed by atoms with van der Waals surface area (Å²) in [6.07, 6.45) is 1.61. The number of thiocarbonyl (C=S) groups is 1. The number of rotatable bonds is 9. The quantitative estimate of drug-likeness (QED) is 0.189. The first-order valence-electron chi connectivity index (χ1n) is 12.1. The highest BCUT2D eigenvalue weighted by Crippen LogP contribution is 2.35. The molecule has 2 fully saturated rings. The van der Waals surface area contributed by atoms with Gasteiger partial charge in [0, 0.05) is 11.7 Å². The van der Waals surface area contributed by atoms with E-state index in [1.807, 2.05) is 0 Å². The fourth-order valence-corrected chi connectivity index (χ4v) is 4.69. The Morgan fingerprint density at radius 1 is 1.24 bits per heavy atom. The molecule has 3 aromatic rings. The summed E-state index contributed by atoms with van der Waals surface area (Å²) in [6, 6.07) is 14.7. The minimum absolute atomic E-state index is 0.0166. The van der Waals surface area contributed by atoms with Gasteiger partial charge in [-0.2, -0.15) is 0 Å². The number of ether oxygens (including phenoxy) is 1. The van der Waals surface area contributed by atoms with E-state index < -0.39 is 11.9 Å². The standard InChI is InChI=1S/C26H26N6O5S/c1-30-21(24(37-29-30)28-23(34)16-6-4-3-5-7-16)15-31-20(25(35)32(26(31)38)18-10-11-18)14-22(33)27-17-8-12-19(36-2)13-9-17/h3-9,12-13,18,20H,10-11,14-15H2,1-2H3,(H-,27,28,29,33,34). The summed E-state index contributed by atoms with van der Waals surface area (Å²) in [5.74, 6) is -0.362. The third-order valence-corrected chi connectivity index (χ3v) is 6.88. The number of carbonyl (C=O) groups excluding carboxylic acids is 2. The highest BCUT2D eigenvalue weighted by molar-refractivity contribution is 7.80. The van der Waals surface area contributed by atoms with Crippen LogP contribution in [0.3, 0.4) is 0 Å². The third-order valence-electron chi connectivity index (χ3n) is 6.45. The SMILES string of the molecule is COc1ccc(NC(=O)CC2C(=O)N(C3CC3)C(=S)N2Cc2c(/N=C(\[O-])c3ccccc3)on[n+]2C)cc1. The predicted octanol–water partition coefficient (Wildman–Crippen LogP) is 1.44. The number of nitrogens with zero attached hydrogens (tertiary/aromatic N) is 5. The van der Waals surface area contributed by atoms with Crippen LogP contribution >= 0.6 is 12.2 Å². The van der Waals surface area contributed by atoms with Gasteiger partial charge < -0.3 is 20.1 Å². The first kappa shape index (κ1) is 25.3. The molecular weight excluding hydrogens is 508 g/mol. The number of aryl methyl sites for hydroxylation is 1. The predicted molar refractivity (Wildman–Crippen MR) is 138 cm³/mol. The van der Waals surface area contributed by atoms with Crippen molar-refractivity contribution < 1.29 is 28.6 Å². The molecule has 2 heterocycles. The van der Waals surface area contributed by atoms with E-state index in [4.69, 9.17) is 21.5 Å². The lowest BCUT2D eigenvalue weighted by molar-refractivity contribution is -0.746. The highest BCUT2D eigenvalue weighted by atomic mass is 32.1. The van der Waals surface area contributed by atoms with Gasteiger partial charge in [0.2, 0.25) is 11.2 Å². The minimum atomic E-state index is -0.825. The number of aromatic nitrogens is 2. The summed E-state index contributed by atoms with van der Waals surface area (Å²) in [7, 11) is 3.21. The van der Waals surface area contributed by atoms with Gasteiger partial charge >= 0.3 is 5.88 Å². The van der Waals surface area contributed by atoms with Crippen LogP contribution in [0, 0.1) is 0 Å². The minimum Gasteiger partial charge on any atom is -0.858 e. The van der Waals surface area contributed by atoms with E-state index in [-0.39, 0.29) is 36.7 Å². The Kier molecular flexibility index (Phi) is 7.05. The van der Waals surface area contributed by atoms with Gasteiger partial charge in [0.25, 0.3) is 11.6 Å². The molecule has 1 aromatic heterocycles. The van der Waals surface area contributed by atoms with Gasteiger partial charge in [-0.05, 0) is 65.5 Å². The zero-order valence-electron chi connectivity index (χ0n) is 20.9. The van der Waals surface area contributed by atoms with Gasteiger partial charge in [0.05, 0.1) is 13.5 Å². The molecule has 2 amide bonds. The van der Waals surface area contributed by atoms with E-state index in [1.54, 1.807) is 78.6 Å².